The zero-order valence-corrected chi connectivity index (χ0v) is 12.5. The molecule has 4 heteroatoms. The number of methoxy groups -OCH3 is 1. The lowest BCUT2D eigenvalue weighted by Gasteiger charge is -2.37. The molecule has 2 saturated heterocycles. The van der Waals surface area contributed by atoms with Crippen molar-refractivity contribution in [2.45, 2.75) is 64.1 Å². The van der Waals surface area contributed by atoms with Gasteiger partial charge in [-0.3, -0.25) is 4.79 Å². The molecule has 0 aromatic carbocycles. The van der Waals surface area contributed by atoms with Crippen molar-refractivity contribution in [3.63, 3.8) is 0 Å². The van der Waals surface area contributed by atoms with E-state index in [1.54, 1.807) is 0 Å². The SMILES string of the molecule is CCC(C)C(NC1CCN2CCCC2C1)C(=O)OC. The summed E-state index contributed by atoms with van der Waals surface area (Å²) < 4.78 is 4.95. The van der Waals surface area contributed by atoms with Crippen LogP contribution in [0.15, 0.2) is 0 Å². The van der Waals surface area contributed by atoms with Gasteiger partial charge in [0, 0.05) is 12.1 Å². The van der Waals surface area contributed by atoms with Crippen LogP contribution in [0, 0.1) is 5.92 Å². The molecule has 0 spiro atoms. The van der Waals surface area contributed by atoms with Crippen LogP contribution in [0.4, 0.5) is 0 Å². The molecule has 0 radical (unpaired) electrons. The number of esters is 1. The summed E-state index contributed by atoms with van der Waals surface area (Å²) >= 11 is 0. The first-order valence-electron chi connectivity index (χ1n) is 7.73. The fourth-order valence-corrected chi connectivity index (χ4v) is 3.46. The van der Waals surface area contributed by atoms with Crippen molar-refractivity contribution in [2.75, 3.05) is 20.2 Å². The van der Waals surface area contributed by atoms with Crippen LogP contribution in [-0.2, 0) is 9.53 Å². The molecule has 0 aliphatic carbocycles. The Hall–Kier alpha value is -0.610. The fourth-order valence-electron chi connectivity index (χ4n) is 3.46. The minimum Gasteiger partial charge on any atom is -0.468 e. The fraction of sp³-hybridized carbons (Fsp3) is 0.933. The first-order chi connectivity index (χ1) is 9.15. The van der Waals surface area contributed by atoms with Crippen molar-refractivity contribution < 1.29 is 9.53 Å². The van der Waals surface area contributed by atoms with Gasteiger partial charge in [-0.2, -0.15) is 0 Å². The Labute approximate surface area is 116 Å². The Morgan fingerprint density at radius 1 is 1.42 bits per heavy atom. The first kappa shape index (κ1) is 14.8. The van der Waals surface area contributed by atoms with E-state index < -0.39 is 0 Å². The minimum absolute atomic E-state index is 0.108. The topological polar surface area (TPSA) is 41.6 Å². The summed E-state index contributed by atoms with van der Waals surface area (Å²) in [6.07, 6.45) is 5.99. The molecular formula is C15H28N2O2. The van der Waals surface area contributed by atoms with Crippen LogP contribution in [0.2, 0.25) is 0 Å². The van der Waals surface area contributed by atoms with Gasteiger partial charge >= 0.3 is 5.97 Å². The Morgan fingerprint density at radius 3 is 2.89 bits per heavy atom. The van der Waals surface area contributed by atoms with Crippen molar-refractivity contribution >= 4 is 5.97 Å². The van der Waals surface area contributed by atoms with Crippen molar-refractivity contribution in [1.29, 1.82) is 0 Å². The van der Waals surface area contributed by atoms with Crippen LogP contribution < -0.4 is 5.32 Å². The molecule has 2 aliphatic heterocycles. The summed E-state index contributed by atoms with van der Waals surface area (Å²) in [6.45, 7) is 6.70. The van der Waals surface area contributed by atoms with E-state index in [9.17, 15) is 4.79 Å². The molecule has 2 fully saturated rings. The van der Waals surface area contributed by atoms with Gasteiger partial charge in [-0.1, -0.05) is 20.3 Å². The van der Waals surface area contributed by atoms with Gasteiger partial charge < -0.3 is 15.0 Å². The second kappa shape index (κ2) is 6.71. The van der Waals surface area contributed by atoms with Crippen molar-refractivity contribution in [1.82, 2.24) is 10.2 Å². The highest BCUT2D eigenvalue weighted by atomic mass is 16.5. The third kappa shape index (κ3) is 3.48. The molecule has 0 amide bonds. The number of fused-ring (bicyclic) bond motifs is 1. The quantitative estimate of drug-likeness (QED) is 0.772. The van der Waals surface area contributed by atoms with E-state index in [2.05, 4.69) is 24.1 Å². The molecule has 110 valence electrons. The third-order valence-electron chi connectivity index (χ3n) is 4.90. The van der Waals surface area contributed by atoms with Crippen LogP contribution in [0.3, 0.4) is 0 Å². The van der Waals surface area contributed by atoms with E-state index >= 15 is 0 Å². The Bertz CT molecular complexity index is 309. The largest absolute Gasteiger partial charge is 0.468 e. The maximum absolute atomic E-state index is 11.9. The van der Waals surface area contributed by atoms with E-state index in [1.807, 2.05) is 0 Å². The summed E-state index contributed by atoms with van der Waals surface area (Å²) in [4.78, 5) is 14.5. The number of nitrogens with zero attached hydrogens (tertiary/aromatic N) is 1. The number of carbonyl (C=O) groups is 1. The minimum atomic E-state index is -0.145. The van der Waals surface area contributed by atoms with Crippen molar-refractivity contribution in [3.05, 3.63) is 0 Å². The number of carbonyl (C=O) groups excluding carboxylic acids is 1. The Balaban J connectivity index is 1.91. The number of hydrogen-bond donors (Lipinski definition) is 1. The van der Waals surface area contributed by atoms with E-state index in [4.69, 9.17) is 4.74 Å². The average molecular weight is 268 g/mol. The molecule has 4 unspecified atom stereocenters. The number of ether oxygens (including phenoxy) is 1. The Kier molecular flexibility index (Phi) is 5.22. The summed E-state index contributed by atoms with van der Waals surface area (Å²) in [5.41, 5.74) is 0. The van der Waals surface area contributed by atoms with Gasteiger partial charge in [0.15, 0.2) is 0 Å². The van der Waals surface area contributed by atoms with Crippen LogP contribution in [-0.4, -0.2) is 49.2 Å². The third-order valence-corrected chi connectivity index (χ3v) is 4.90. The number of nitrogens with one attached hydrogen (secondary N) is 1. The number of piperidine rings is 1. The molecule has 2 heterocycles. The molecule has 1 N–H and O–H groups in total. The summed E-state index contributed by atoms with van der Waals surface area (Å²) in [6, 6.07) is 1.06. The molecule has 2 aliphatic rings. The van der Waals surface area contributed by atoms with Gasteiger partial charge in [-0.05, 0) is 44.7 Å². The zero-order chi connectivity index (χ0) is 13.8. The molecule has 0 aromatic rings. The lowest BCUT2D eigenvalue weighted by atomic mass is 9.93. The van der Waals surface area contributed by atoms with Crippen molar-refractivity contribution in [3.8, 4) is 0 Å². The van der Waals surface area contributed by atoms with Gasteiger partial charge in [0.2, 0.25) is 0 Å². The zero-order valence-electron chi connectivity index (χ0n) is 12.5. The maximum Gasteiger partial charge on any atom is 0.323 e. The van der Waals surface area contributed by atoms with Crippen LogP contribution in [0.5, 0.6) is 0 Å². The summed E-state index contributed by atoms with van der Waals surface area (Å²) in [5.74, 6) is 0.220. The maximum atomic E-state index is 11.9. The van der Waals surface area contributed by atoms with Gasteiger partial charge in [-0.15, -0.1) is 0 Å². The van der Waals surface area contributed by atoms with Gasteiger partial charge in [0.1, 0.15) is 6.04 Å². The Morgan fingerprint density at radius 2 is 2.21 bits per heavy atom. The molecule has 19 heavy (non-hydrogen) atoms. The van der Waals surface area contributed by atoms with E-state index in [1.165, 1.54) is 39.5 Å². The highest BCUT2D eigenvalue weighted by molar-refractivity contribution is 5.76. The summed E-state index contributed by atoms with van der Waals surface area (Å²) in [5, 5.41) is 3.57. The predicted octanol–water partition coefficient (Wildman–Crippen LogP) is 1.79. The molecule has 4 atom stereocenters. The molecule has 4 nitrogen and oxygen atoms in total. The standard InChI is InChI=1S/C15H28N2O2/c1-4-11(2)14(15(18)19-3)16-12-7-9-17-8-5-6-13(17)10-12/h11-14,16H,4-10H2,1-3H3. The van der Waals surface area contributed by atoms with Gasteiger partial charge in [0.25, 0.3) is 0 Å². The lowest BCUT2D eigenvalue weighted by Crippen LogP contribution is -2.52. The number of hydrogen-bond acceptors (Lipinski definition) is 4. The van der Waals surface area contributed by atoms with Gasteiger partial charge in [-0.25, -0.2) is 0 Å². The van der Waals surface area contributed by atoms with Crippen LogP contribution in [0.25, 0.3) is 0 Å². The van der Waals surface area contributed by atoms with Crippen molar-refractivity contribution in [2.24, 2.45) is 5.92 Å². The number of rotatable bonds is 5. The van der Waals surface area contributed by atoms with E-state index in [0.29, 0.717) is 12.0 Å². The molecule has 0 bridgehead atoms. The molecular weight excluding hydrogens is 240 g/mol. The highest BCUT2D eigenvalue weighted by Crippen LogP contribution is 2.27. The normalized spacial score (nSPS) is 30.7. The second-order valence-corrected chi connectivity index (χ2v) is 6.11. The van der Waals surface area contributed by atoms with E-state index in [-0.39, 0.29) is 12.0 Å². The monoisotopic (exact) mass is 268 g/mol. The van der Waals surface area contributed by atoms with Crippen LogP contribution >= 0.6 is 0 Å². The predicted molar refractivity (Wildman–Crippen MR) is 76.0 cm³/mol. The van der Waals surface area contributed by atoms with E-state index in [0.717, 1.165) is 18.9 Å². The lowest BCUT2D eigenvalue weighted by molar-refractivity contribution is -0.145. The average Bonchev–Trinajstić information content (AvgIpc) is 2.90. The highest BCUT2D eigenvalue weighted by Gasteiger charge is 2.34. The smallest absolute Gasteiger partial charge is 0.323 e. The summed E-state index contributed by atoms with van der Waals surface area (Å²) in [7, 11) is 1.49. The molecule has 2 rings (SSSR count). The molecule has 0 saturated carbocycles. The first-order valence-corrected chi connectivity index (χ1v) is 7.73. The second-order valence-electron chi connectivity index (χ2n) is 6.11. The van der Waals surface area contributed by atoms with Crippen LogP contribution in [0.1, 0.15) is 46.0 Å². The van der Waals surface area contributed by atoms with Gasteiger partial charge in [0.05, 0.1) is 7.11 Å². The molecule has 0 aromatic heterocycles.